The topological polar surface area (TPSA) is 103 Å². The Kier molecular flexibility index (Phi) is 2.24. The summed E-state index contributed by atoms with van der Waals surface area (Å²) in [4.78, 5) is 16.7. The van der Waals surface area contributed by atoms with E-state index in [1.165, 1.54) is 6.33 Å². The molecule has 8 heteroatoms. The molecule has 1 fully saturated rings. The molecule has 1 aliphatic rings. The van der Waals surface area contributed by atoms with Gasteiger partial charge in [-0.15, -0.1) is 0 Å². The number of aliphatic carboxylic acids is 1. The second kappa shape index (κ2) is 3.31. The van der Waals surface area contributed by atoms with Crippen LogP contribution in [0.3, 0.4) is 0 Å². The lowest BCUT2D eigenvalue weighted by atomic mass is 10.1. The predicted molar refractivity (Wildman–Crippen MR) is 48.5 cm³/mol. The van der Waals surface area contributed by atoms with Crippen molar-refractivity contribution in [3.05, 3.63) is 12.5 Å². The lowest BCUT2D eigenvalue weighted by molar-refractivity contribution is -0.144. The number of hydrogen-bond acceptors (Lipinski definition) is 4. The van der Waals surface area contributed by atoms with E-state index in [2.05, 4.69) is 9.97 Å². The summed E-state index contributed by atoms with van der Waals surface area (Å²) >= 11 is 0. The number of H-pyrrole nitrogens is 1. The Morgan fingerprint density at radius 3 is 2.80 bits per heavy atom. The van der Waals surface area contributed by atoms with E-state index >= 15 is 0 Å². The van der Waals surface area contributed by atoms with Crippen molar-refractivity contribution >= 4 is 16.0 Å². The highest BCUT2D eigenvalue weighted by Crippen LogP contribution is 2.25. The minimum Gasteiger partial charge on any atom is -0.480 e. The smallest absolute Gasteiger partial charge is 0.322 e. The highest BCUT2D eigenvalue weighted by molar-refractivity contribution is 7.89. The van der Waals surface area contributed by atoms with E-state index in [1.54, 1.807) is 0 Å². The van der Waals surface area contributed by atoms with E-state index in [1.807, 2.05) is 0 Å². The normalized spacial score (nSPS) is 22.3. The Labute approximate surface area is 85.8 Å². The van der Waals surface area contributed by atoms with Crippen LogP contribution < -0.4 is 0 Å². The van der Waals surface area contributed by atoms with E-state index in [9.17, 15) is 13.2 Å². The van der Waals surface area contributed by atoms with Crippen molar-refractivity contribution in [3.8, 4) is 0 Å². The number of nitrogens with one attached hydrogen (secondary N) is 1. The molecule has 2 rings (SSSR count). The summed E-state index contributed by atoms with van der Waals surface area (Å²) in [6.07, 6.45) is 2.75. The average molecular weight is 231 g/mol. The Bertz CT molecular complexity index is 466. The van der Waals surface area contributed by atoms with Crippen LogP contribution in [0.25, 0.3) is 0 Å². The summed E-state index contributed by atoms with van der Waals surface area (Å²) in [5.41, 5.74) is 0. The van der Waals surface area contributed by atoms with Gasteiger partial charge in [-0.05, 0) is 6.42 Å². The molecule has 15 heavy (non-hydrogen) atoms. The van der Waals surface area contributed by atoms with Crippen LogP contribution in [0, 0.1) is 0 Å². The first kappa shape index (κ1) is 10.1. The van der Waals surface area contributed by atoms with Crippen LogP contribution in [-0.4, -0.2) is 46.4 Å². The zero-order valence-corrected chi connectivity index (χ0v) is 8.44. The molecule has 7 nitrogen and oxygen atoms in total. The first-order chi connectivity index (χ1) is 7.03. The van der Waals surface area contributed by atoms with Gasteiger partial charge in [-0.3, -0.25) is 4.79 Å². The van der Waals surface area contributed by atoms with Gasteiger partial charge in [0.1, 0.15) is 6.04 Å². The molecule has 0 spiro atoms. The van der Waals surface area contributed by atoms with Gasteiger partial charge in [-0.1, -0.05) is 0 Å². The third-order valence-corrected chi connectivity index (χ3v) is 4.15. The number of aromatic amines is 1. The fourth-order valence-corrected chi connectivity index (χ4v) is 2.93. The Hall–Kier alpha value is -1.41. The van der Waals surface area contributed by atoms with Crippen LogP contribution in [0.2, 0.25) is 0 Å². The molecular weight excluding hydrogens is 222 g/mol. The van der Waals surface area contributed by atoms with Crippen LogP contribution in [0.15, 0.2) is 17.6 Å². The molecule has 2 heterocycles. The van der Waals surface area contributed by atoms with Crippen molar-refractivity contribution in [3.63, 3.8) is 0 Å². The summed E-state index contributed by atoms with van der Waals surface area (Å²) in [6, 6.07) is -0.946. The highest BCUT2D eigenvalue weighted by atomic mass is 32.2. The molecule has 0 bridgehead atoms. The SMILES string of the molecule is O=C(O)C1CCN1S(=O)(=O)c1cnc[nH]1. The van der Waals surface area contributed by atoms with Gasteiger partial charge in [0.25, 0.3) is 10.0 Å². The van der Waals surface area contributed by atoms with Crippen LogP contribution in [-0.2, 0) is 14.8 Å². The number of carboxylic acids is 1. The van der Waals surface area contributed by atoms with Gasteiger partial charge in [0, 0.05) is 6.54 Å². The van der Waals surface area contributed by atoms with E-state index in [4.69, 9.17) is 5.11 Å². The van der Waals surface area contributed by atoms with Gasteiger partial charge in [-0.25, -0.2) is 13.4 Å². The molecule has 2 N–H and O–H groups in total. The monoisotopic (exact) mass is 231 g/mol. The Morgan fingerprint density at radius 1 is 1.67 bits per heavy atom. The number of rotatable bonds is 3. The predicted octanol–water partition coefficient (Wildman–Crippen LogP) is -0.743. The maximum atomic E-state index is 11.8. The summed E-state index contributed by atoms with van der Waals surface area (Å²) in [5.74, 6) is -1.12. The highest BCUT2D eigenvalue weighted by Gasteiger charge is 2.43. The lowest BCUT2D eigenvalue weighted by Crippen LogP contribution is -2.54. The molecule has 1 aliphatic heterocycles. The van der Waals surface area contributed by atoms with Crippen LogP contribution in [0.5, 0.6) is 0 Å². The van der Waals surface area contributed by atoms with Gasteiger partial charge >= 0.3 is 5.97 Å². The number of carboxylic acid groups (broad SMARTS) is 1. The molecule has 0 aromatic carbocycles. The molecular formula is C7H9N3O4S. The first-order valence-electron chi connectivity index (χ1n) is 4.26. The van der Waals surface area contributed by atoms with Gasteiger partial charge in [0.15, 0.2) is 5.03 Å². The number of carbonyl (C=O) groups is 1. The Morgan fingerprint density at radius 2 is 2.40 bits per heavy atom. The molecule has 0 aliphatic carbocycles. The molecule has 1 aromatic rings. The summed E-state index contributed by atoms with van der Waals surface area (Å²) < 4.78 is 24.5. The largest absolute Gasteiger partial charge is 0.480 e. The minimum absolute atomic E-state index is 0.0755. The van der Waals surface area contributed by atoms with Gasteiger partial charge in [0.2, 0.25) is 0 Å². The van der Waals surface area contributed by atoms with E-state index < -0.39 is 22.0 Å². The summed E-state index contributed by atoms with van der Waals surface area (Å²) in [6.45, 7) is 0.234. The third-order valence-electron chi connectivity index (χ3n) is 2.32. The molecule has 0 radical (unpaired) electrons. The van der Waals surface area contributed by atoms with E-state index in [0.29, 0.717) is 6.42 Å². The second-order valence-electron chi connectivity index (χ2n) is 3.17. The molecule has 1 atom stereocenters. The number of aromatic nitrogens is 2. The maximum Gasteiger partial charge on any atom is 0.322 e. The van der Waals surface area contributed by atoms with Crippen molar-refractivity contribution in [1.82, 2.24) is 14.3 Å². The van der Waals surface area contributed by atoms with Crippen LogP contribution >= 0.6 is 0 Å². The van der Waals surface area contributed by atoms with Crippen LogP contribution in [0.1, 0.15) is 6.42 Å². The van der Waals surface area contributed by atoms with Gasteiger partial charge < -0.3 is 10.1 Å². The van der Waals surface area contributed by atoms with Gasteiger partial charge in [0.05, 0.1) is 12.5 Å². The third kappa shape index (κ3) is 1.51. The average Bonchev–Trinajstić information content (AvgIpc) is 2.50. The minimum atomic E-state index is -3.72. The fourth-order valence-electron chi connectivity index (χ4n) is 1.41. The number of hydrogen-bond donors (Lipinski definition) is 2. The standard InChI is InChI=1S/C7H9N3O4S/c11-7(12)5-1-2-10(5)15(13,14)6-3-8-4-9-6/h3-5H,1-2H2,(H,8,9)(H,11,12). The van der Waals surface area contributed by atoms with E-state index in [0.717, 1.165) is 10.5 Å². The number of sulfonamides is 1. The number of nitrogens with zero attached hydrogens (tertiary/aromatic N) is 2. The zero-order chi connectivity index (χ0) is 11.1. The maximum absolute atomic E-state index is 11.8. The lowest BCUT2D eigenvalue weighted by Gasteiger charge is -2.35. The quantitative estimate of drug-likeness (QED) is 0.712. The van der Waals surface area contributed by atoms with Crippen molar-refractivity contribution in [2.24, 2.45) is 0 Å². The van der Waals surface area contributed by atoms with E-state index in [-0.39, 0.29) is 11.6 Å². The fraction of sp³-hybridized carbons (Fsp3) is 0.429. The number of imidazole rings is 1. The zero-order valence-electron chi connectivity index (χ0n) is 7.62. The van der Waals surface area contributed by atoms with Crippen molar-refractivity contribution < 1.29 is 18.3 Å². The molecule has 0 saturated carbocycles. The summed E-state index contributed by atoms with van der Waals surface area (Å²) in [7, 11) is -3.72. The second-order valence-corrected chi connectivity index (χ2v) is 5.03. The van der Waals surface area contributed by atoms with Gasteiger partial charge in [-0.2, -0.15) is 4.31 Å². The van der Waals surface area contributed by atoms with Crippen molar-refractivity contribution in [2.45, 2.75) is 17.5 Å². The molecule has 0 amide bonds. The molecule has 1 saturated heterocycles. The van der Waals surface area contributed by atoms with Crippen molar-refractivity contribution in [2.75, 3.05) is 6.54 Å². The molecule has 1 unspecified atom stereocenters. The van der Waals surface area contributed by atoms with Crippen LogP contribution in [0.4, 0.5) is 0 Å². The molecule has 82 valence electrons. The van der Waals surface area contributed by atoms with Crippen molar-refractivity contribution in [1.29, 1.82) is 0 Å². The molecule has 1 aromatic heterocycles. The summed E-state index contributed by atoms with van der Waals surface area (Å²) in [5, 5.41) is 8.66. The Balaban J connectivity index is 2.28. The first-order valence-corrected chi connectivity index (χ1v) is 5.70.